The lowest BCUT2D eigenvalue weighted by Crippen LogP contribution is -2.48. The van der Waals surface area contributed by atoms with E-state index in [1.807, 2.05) is 16.7 Å². The summed E-state index contributed by atoms with van der Waals surface area (Å²) in [7, 11) is 1.35. The summed E-state index contributed by atoms with van der Waals surface area (Å²) in [5, 5.41) is 9.03. The van der Waals surface area contributed by atoms with Crippen molar-refractivity contribution in [1.82, 2.24) is 4.90 Å². The maximum Gasteiger partial charge on any atom is 0.325 e. The molecule has 0 saturated carbocycles. The average molecular weight is 205 g/mol. The normalized spacial score (nSPS) is 21.1. The second kappa shape index (κ2) is 5.47. The largest absolute Gasteiger partial charge is 0.468 e. The molecule has 1 unspecified atom stereocenters. The van der Waals surface area contributed by atoms with Gasteiger partial charge in [0.25, 0.3) is 0 Å². The summed E-state index contributed by atoms with van der Waals surface area (Å²) < 4.78 is 4.61. The van der Waals surface area contributed by atoms with Crippen LogP contribution in [0.3, 0.4) is 0 Å². The van der Waals surface area contributed by atoms with Crippen LogP contribution >= 0.6 is 11.8 Å². The van der Waals surface area contributed by atoms with Crippen LogP contribution in [0.15, 0.2) is 0 Å². The molecule has 0 aromatic carbocycles. The molecule has 0 radical (unpaired) electrons. The molecule has 0 aromatic rings. The van der Waals surface area contributed by atoms with Crippen molar-refractivity contribution in [1.29, 1.82) is 0 Å². The molecular weight excluding hydrogens is 190 g/mol. The smallest absolute Gasteiger partial charge is 0.325 e. The van der Waals surface area contributed by atoms with Crippen molar-refractivity contribution in [2.24, 2.45) is 0 Å². The van der Waals surface area contributed by atoms with Crippen molar-refractivity contribution in [2.45, 2.75) is 6.04 Å². The number of ether oxygens (including phenoxy) is 1. The third-order valence-corrected chi connectivity index (χ3v) is 3.08. The van der Waals surface area contributed by atoms with Crippen LogP contribution in [0.2, 0.25) is 0 Å². The summed E-state index contributed by atoms with van der Waals surface area (Å²) in [6.45, 7) is 1.55. The van der Waals surface area contributed by atoms with Crippen molar-refractivity contribution in [3.8, 4) is 0 Å². The lowest BCUT2D eigenvalue weighted by atomic mass is 10.2. The monoisotopic (exact) mass is 205 g/mol. The number of nitrogens with zero attached hydrogens (tertiary/aromatic N) is 1. The number of aliphatic hydroxyl groups excluding tert-OH is 1. The van der Waals surface area contributed by atoms with E-state index in [0.717, 1.165) is 24.6 Å². The van der Waals surface area contributed by atoms with Crippen molar-refractivity contribution in [3.63, 3.8) is 0 Å². The number of rotatable bonds is 3. The Morgan fingerprint density at radius 3 is 2.69 bits per heavy atom. The van der Waals surface area contributed by atoms with Gasteiger partial charge in [-0.3, -0.25) is 9.69 Å². The number of hydrogen-bond acceptors (Lipinski definition) is 5. The van der Waals surface area contributed by atoms with Crippen LogP contribution in [0.1, 0.15) is 0 Å². The number of hydrogen-bond donors (Lipinski definition) is 1. The van der Waals surface area contributed by atoms with Crippen molar-refractivity contribution in [3.05, 3.63) is 0 Å². The predicted octanol–water partition coefficient (Wildman–Crippen LogP) is -0.431. The van der Waals surface area contributed by atoms with Crippen LogP contribution in [0, 0.1) is 0 Å². The molecule has 0 amide bonds. The topological polar surface area (TPSA) is 49.8 Å². The lowest BCUT2D eigenvalue weighted by Gasteiger charge is -2.31. The van der Waals surface area contributed by atoms with Crippen LogP contribution in [0.5, 0.6) is 0 Å². The third kappa shape index (κ3) is 2.86. The minimum absolute atomic E-state index is 0.155. The Bertz CT molecular complexity index is 171. The van der Waals surface area contributed by atoms with Crippen LogP contribution in [0.25, 0.3) is 0 Å². The summed E-state index contributed by atoms with van der Waals surface area (Å²) in [5.74, 6) is 1.70. The molecule has 1 heterocycles. The second-order valence-electron chi connectivity index (χ2n) is 2.87. The predicted molar refractivity (Wildman–Crippen MR) is 51.8 cm³/mol. The van der Waals surface area contributed by atoms with E-state index in [2.05, 4.69) is 4.74 Å². The van der Waals surface area contributed by atoms with Gasteiger partial charge >= 0.3 is 5.97 Å². The highest BCUT2D eigenvalue weighted by molar-refractivity contribution is 7.99. The Kier molecular flexibility index (Phi) is 4.55. The molecule has 1 aliphatic rings. The molecule has 1 fully saturated rings. The van der Waals surface area contributed by atoms with Crippen LogP contribution in [-0.2, 0) is 9.53 Å². The standard InChI is InChI=1S/C8H15NO3S/c1-12-8(11)7(6-10)9-2-4-13-5-3-9/h7,10H,2-6H2,1H3. The van der Waals surface area contributed by atoms with Crippen molar-refractivity contribution < 1.29 is 14.6 Å². The third-order valence-electron chi connectivity index (χ3n) is 2.13. The quantitative estimate of drug-likeness (QED) is 0.634. The highest BCUT2D eigenvalue weighted by Crippen LogP contribution is 2.12. The minimum atomic E-state index is -0.467. The van der Waals surface area contributed by atoms with Gasteiger partial charge in [-0.15, -0.1) is 0 Å². The summed E-state index contributed by atoms with van der Waals surface area (Å²) in [6.07, 6.45) is 0. The van der Waals surface area contributed by atoms with Gasteiger partial charge in [0.05, 0.1) is 13.7 Å². The fraction of sp³-hybridized carbons (Fsp3) is 0.875. The van der Waals surface area contributed by atoms with E-state index < -0.39 is 6.04 Å². The molecule has 1 saturated heterocycles. The van der Waals surface area contributed by atoms with E-state index in [1.165, 1.54) is 7.11 Å². The van der Waals surface area contributed by atoms with E-state index in [-0.39, 0.29) is 12.6 Å². The first-order valence-corrected chi connectivity index (χ1v) is 5.45. The van der Waals surface area contributed by atoms with Crippen molar-refractivity contribution >= 4 is 17.7 Å². The molecule has 76 valence electrons. The molecule has 1 N–H and O–H groups in total. The lowest BCUT2D eigenvalue weighted by molar-refractivity contribution is -0.148. The molecule has 0 bridgehead atoms. The SMILES string of the molecule is COC(=O)C(CO)N1CCSCC1. The summed E-state index contributed by atoms with van der Waals surface area (Å²) in [6, 6.07) is -0.467. The number of esters is 1. The Morgan fingerprint density at radius 2 is 2.23 bits per heavy atom. The molecule has 4 nitrogen and oxygen atoms in total. The number of aliphatic hydroxyl groups is 1. The zero-order valence-corrected chi connectivity index (χ0v) is 8.55. The van der Waals surface area contributed by atoms with Gasteiger partial charge in [-0.25, -0.2) is 0 Å². The van der Waals surface area contributed by atoms with E-state index in [9.17, 15) is 4.79 Å². The van der Waals surface area contributed by atoms with Gasteiger partial charge < -0.3 is 9.84 Å². The summed E-state index contributed by atoms with van der Waals surface area (Å²) in [5.41, 5.74) is 0. The van der Waals surface area contributed by atoms with E-state index >= 15 is 0 Å². The number of thioether (sulfide) groups is 1. The van der Waals surface area contributed by atoms with Gasteiger partial charge in [0.15, 0.2) is 0 Å². The maximum absolute atomic E-state index is 11.2. The van der Waals surface area contributed by atoms with Gasteiger partial charge in [0.2, 0.25) is 0 Å². The summed E-state index contributed by atoms with van der Waals surface area (Å²) >= 11 is 1.87. The average Bonchev–Trinajstić information content (AvgIpc) is 2.20. The first kappa shape index (κ1) is 10.8. The molecule has 5 heteroatoms. The Labute approximate surface area is 82.2 Å². The van der Waals surface area contributed by atoms with Gasteiger partial charge in [-0.2, -0.15) is 11.8 Å². The number of carbonyl (C=O) groups is 1. The number of carbonyl (C=O) groups excluding carboxylic acids is 1. The molecule has 1 aliphatic heterocycles. The first-order valence-electron chi connectivity index (χ1n) is 4.30. The maximum atomic E-state index is 11.2. The fourth-order valence-electron chi connectivity index (χ4n) is 1.36. The first-order chi connectivity index (χ1) is 6.29. The second-order valence-corrected chi connectivity index (χ2v) is 4.09. The van der Waals surface area contributed by atoms with Crippen LogP contribution in [0.4, 0.5) is 0 Å². The molecule has 0 aliphatic carbocycles. The molecule has 13 heavy (non-hydrogen) atoms. The Morgan fingerprint density at radius 1 is 1.62 bits per heavy atom. The van der Waals surface area contributed by atoms with Crippen LogP contribution in [-0.4, -0.2) is 60.3 Å². The molecular formula is C8H15NO3S. The molecule has 1 rings (SSSR count). The molecule has 0 aromatic heterocycles. The number of methoxy groups -OCH3 is 1. The van der Waals surface area contributed by atoms with Gasteiger partial charge in [0.1, 0.15) is 6.04 Å². The van der Waals surface area contributed by atoms with E-state index in [1.54, 1.807) is 0 Å². The van der Waals surface area contributed by atoms with Crippen molar-refractivity contribution in [2.75, 3.05) is 38.3 Å². The zero-order valence-electron chi connectivity index (χ0n) is 7.73. The zero-order chi connectivity index (χ0) is 9.68. The van der Waals surface area contributed by atoms with Gasteiger partial charge in [-0.1, -0.05) is 0 Å². The van der Waals surface area contributed by atoms with Gasteiger partial charge in [-0.05, 0) is 0 Å². The van der Waals surface area contributed by atoms with Crippen LogP contribution < -0.4 is 0 Å². The Balaban J connectivity index is 2.48. The van der Waals surface area contributed by atoms with E-state index in [0.29, 0.717) is 0 Å². The molecule has 0 spiro atoms. The summed E-state index contributed by atoms with van der Waals surface area (Å²) in [4.78, 5) is 13.2. The fourth-order valence-corrected chi connectivity index (χ4v) is 2.30. The Hall–Kier alpha value is -0.260. The molecule has 1 atom stereocenters. The van der Waals surface area contributed by atoms with Gasteiger partial charge in [0, 0.05) is 24.6 Å². The highest BCUT2D eigenvalue weighted by Gasteiger charge is 2.26. The highest BCUT2D eigenvalue weighted by atomic mass is 32.2. The van der Waals surface area contributed by atoms with E-state index in [4.69, 9.17) is 5.11 Å². The minimum Gasteiger partial charge on any atom is -0.468 e.